The lowest BCUT2D eigenvalue weighted by Crippen LogP contribution is -2.29. The number of carbonyl (C=O) groups excluding carboxylic acids is 1. The van der Waals surface area contributed by atoms with Crippen molar-refractivity contribution in [2.24, 2.45) is 0 Å². The lowest BCUT2D eigenvalue weighted by Gasteiger charge is -2.04. The minimum absolute atomic E-state index is 0.0356. The first-order chi connectivity index (χ1) is 10.3. The van der Waals surface area contributed by atoms with Crippen molar-refractivity contribution in [3.05, 3.63) is 38.4 Å². The van der Waals surface area contributed by atoms with E-state index in [0.717, 1.165) is 23.9 Å². The number of nitro benzene ring substituents is 2. The third-order valence-electron chi connectivity index (χ3n) is 2.37. The van der Waals surface area contributed by atoms with Crippen molar-refractivity contribution in [1.29, 1.82) is 0 Å². The summed E-state index contributed by atoms with van der Waals surface area (Å²) in [7, 11) is 0. The number of benzene rings is 1. The summed E-state index contributed by atoms with van der Waals surface area (Å²) < 4.78 is 0. The van der Waals surface area contributed by atoms with E-state index in [-0.39, 0.29) is 17.1 Å². The van der Waals surface area contributed by atoms with Crippen molar-refractivity contribution >= 4 is 35.0 Å². The van der Waals surface area contributed by atoms with Crippen LogP contribution in [0, 0.1) is 20.2 Å². The Labute approximate surface area is 127 Å². The molecule has 0 aliphatic rings. The normalized spacial score (nSPS) is 10.0. The van der Waals surface area contributed by atoms with Crippen LogP contribution in [0.5, 0.6) is 0 Å². The summed E-state index contributed by atoms with van der Waals surface area (Å²) in [5.74, 6) is -1.50. The van der Waals surface area contributed by atoms with E-state index in [1.807, 2.05) is 0 Å². The Balaban J connectivity index is 2.65. The molecule has 0 aliphatic carbocycles. The molecule has 1 rings (SSSR count). The van der Waals surface area contributed by atoms with E-state index in [4.69, 9.17) is 5.11 Å². The molecule has 10 nitrogen and oxygen atoms in total. The van der Waals surface area contributed by atoms with Gasteiger partial charge in [-0.15, -0.1) is 11.8 Å². The number of hydrogen-bond donors (Lipinski definition) is 2. The standard InChI is InChI=1S/C11H11N3O7S/c15-10(12-6-11(16)17)3-4-22-9-2-1-7(13(18)19)5-8(9)14(20)21/h1-2,5H,3-4,6H2,(H,12,15)(H,16,17). The molecule has 0 fully saturated rings. The molecule has 0 radical (unpaired) electrons. The molecule has 1 amide bonds. The maximum Gasteiger partial charge on any atom is 0.322 e. The van der Waals surface area contributed by atoms with E-state index in [2.05, 4.69) is 5.32 Å². The zero-order valence-corrected chi connectivity index (χ0v) is 11.9. The summed E-state index contributed by atoms with van der Waals surface area (Å²) in [6.07, 6.45) is -0.0356. The first kappa shape index (κ1) is 17.4. The van der Waals surface area contributed by atoms with E-state index in [0.29, 0.717) is 0 Å². The maximum absolute atomic E-state index is 11.3. The Morgan fingerprint density at radius 2 is 1.91 bits per heavy atom. The molecule has 0 bridgehead atoms. The first-order valence-electron chi connectivity index (χ1n) is 5.85. The molecule has 2 N–H and O–H groups in total. The van der Waals surface area contributed by atoms with Gasteiger partial charge in [-0.2, -0.15) is 0 Å². The van der Waals surface area contributed by atoms with Gasteiger partial charge in [0.15, 0.2) is 0 Å². The highest BCUT2D eigenvalue weighted by atomic mass is 32.2. The van der Waals surface area contributed by atoms with Crippen molar-refractivity contribution < 1.29 is 24.5 Å². The van der Waals surface area contributed by atoms with Gasteiger partial charge >= 0.3 is 5.97 Å². The van der Waals surface area contributed by atoms with Crippen LogP contribution in [0.1, 0.15) is 6.42 Å². The highest BCUT2D eigenvalue weighted by molar-refractivity contribution is 7.99. The van der Waals surface area contributed by atoms with Gasteiger partial charge in [0.05, 0.1) is 20.8 Å². The monoisotopic (exact) mass is 329 g/mol. The molecule has 0 heterocycles. The Morgan fingerprint density at radius 1 is 1.23 bits per heavy atom. The van der Waals surface area contributed by atoms with Crippen LogP contribution in [0.25, 0.3) is 0 Å². The molecular weight excluding hydrogens is 318 g/mol. The fourth-order valence-corrected chi connectivity index (χ4v) is 2.35. The molecule has 1 aromatic rings. The van der Waals surface area contributed by atoms with Crippen LogP contribution < -0.4 is 5.32 Å². The number of hydrogen-bond acceptors (Lipinski definition) is 7. The van der Waals surface area contributed by atoms with Crippen molar-refractivity contribution in [1.82, 2.24) is 5.32 Å². The van der Waals surface area contributed by atoms with E-state index in [1.54, 1.807) is 0 Å². The van der Waals surface area contributed by atoms with Gasteiger partial charge in [-0.3, -0.25) is 29.8 Å². The number of nitrogens with zero attached hydrogens (tertiary/aromatic N) is 2. The lowest BCUT2D eigenvalue weighted by molar-refractivity contribution is -0.396. The number of aliphatic carboxylic acids is 1. The van der Waals surface area contributed by atoms with Crippen molar-refractivity contribution in [2.75, 3.05) is 12.3 Å². The van der Waals surface area contributed by atoms with Crippen LogP contribution in [-0.2, 0) is 9.59 Å². The Morgan fingerprint density at radius 3 is 2.45 bits per heavy atom. The predicted octanol–water partition coefficient (Wildman–Crippen LogP) is 1.19. The Bertz CT molecular complexity index is 620. The summed E-state index contributed by atoms with van der Waals surface area (Å²) in [6.45, 7) is -0.499. The Hall–Kier alpha value is -2.69. The highest BCUT2D eigenvalue weighted by Crippen LogP contribution is 2.32. The van der Waals surface area contributed by atoms with E-state index in [1.165, 1.54) is 6.07 Å². The smallest absolute Gasteiger partial charge is 0.322 e. The molecule has 0 aliphatic heterocycles. The average Bonchev–Trinajstić information content (AvgIpc) is 2.44. The summed E-state index contributed by atoms with van der Waals surface area (Å²) in [6, 6.07) is 3.24. The van der Waals surface area contributed by atoms with Crippen molar-refractivity contribution in [2.45, 2.75) is 11.3 Å². The van der Waals surface area contributed by atoms with Gasteiger partial charge in [-0.1, -0.05) is 0 Å². The largest absolute Gasteiger partial charge is 0.480 e. The van der Waals surface area contributed by atoms with Crippen molar-refractivity contribution in [3.63, 3.8) is 0 Å². The van der Waals surface area contributed by atoms with Gasteiger partial charge in [-0.05, 0) is 6.07 Å². The second-order valence-electron chi connectivity index (χ2n) is 3.94. The minimum Gasteiger partial charge on any atom is -0.480 e. The molecule has 0 aromatic heterocycles. The summed E-state index contributed by atoms with van der Waals surface area (Å²) in [5.41, 5.74) is -0.805. The van der Waals surface area contributed by atoms with Crippen LogP contribution in [-0.4, -0.2) is 39.1 Å². The third-order valence-corrected chi connectivity index (χ3v) is 3.44. The topological polar surface area (TPSA) is 153 Å². The number of carbonyl (C=O) groups is 2. The predicted molar refractivity (Wildman–Crippen MR) is 75.7 cm³/mol. The zero-order chi connectivity index (χ0) is 16.7. The molecule has 118 valence electrons. The second-order valence-corrected chi connectivity index (χ2v) is 5.07. The fraction of sp³-hybridized carbons (Fsp3) is 0.273. The molecule has 22 heavy (non-hydrogen) atoms. The molecule has 1 aromatic carbocycles. The molecule has 0 unspecified atom stereocenters. The molecule has 0 spiro atoms. The maximum atomic E-state index is 11.3. The van der Waals surface area contributed by atoms with Crippen LogP contribution in [0.15, 0.2) is 23.1 Å². The number of carboxylic acid groups (broad SMARTS) is 1. The van der Waals surface area contributed by atoms with Crippen LogP contribution >= 0.6 is 11.8 Å². The first-order valence-corrected chi connectivity index (χ1v) is 6.84. The quantitative estimate of drug-likeness (QED) is 0.409. The fourth-order valence-electron chi connectivity index (χ4n) is 1.40. The van der Waals surface area contributed by atoms with E-state index < -0.39 is 39.6 Å². The number of nitro groups is 2. The molecular formula is C11H11N3O7S. The van der Waals surface area contributed by atoms with Crippen LogP contribution in [0.4, 0.5) is 11.4 Å². The van der Waals surface area contributed by atoms with Crippen LogP contribution in [0.3, 0.4) is 0 Å². The number of carboxylic acids is 1. The number of amides is 1. The minimum atomic E-state index is -1.17. The average molecular weight is 329 g/mol. The molecule has 0 saturated carbocycles. The lowest BCUT2D eigenvalue weighted by atomic mass is 10.3. The summed E-state index contributed by atoms with van der Waals surface area (Å²) >= 11 is 0.986. The van der Waals surface area contributed by atoms with Crippen LogP contribution in [0.2, 0.25) is 0 Å². The number of non-ortho nitro benzene ring substituents is 1. The van der Waals surface area contributed by atoms with Crippen molar-refractivity contribution in [3.8, 4) is 0 Å². The van der Waals surface area contributed by atoms with E-state index in [9.17, 15) is 29.8 Å². The van der Waals surface area contributed by atoms with Gasteiger partial charge in [0.1, 0.15) is 6.54 Å². The van der Waals surface area contributed by atoms with Gasteiger partial charge in [-0.25, -0.2) is 0 Å². The SMILES string of the molecule is O=C(O)CNC(=O)CCSc1ccc([N+](=O)[O-])cc1[N+](=O)[O-]. The number of nitrogens with one attached hydrogen (secondary N) is 1. The molecule has 0 atom stereocenters. The highest BCUT2D eigenvalue weighted by Gasteiger charge is 2.19. The third kappa shape index (κ3) is 5.36. The second kappa shape index (κ2) is 7.93. The van der Waals surface area contributed by atoms with Gasteiger partial charge < -0.3 is 10.4 Å². The summed E-state index contributed by atoms with van der Waals surface area (Å²) in [5, 5.41) is 32.0. The number of thioether (sulfide) groups is 1. The number of rotatable bonds is 8. The molecule has 11 heteroatoms. The zero-order valence-electron chi connectivity index (χ0n) is 11.1. The Kier molecular flexibility index (Phi) is 6.25. The van der Waals surface area contributed by atoms with Gasteiger partial charge in [0.2, 0.25) is 5.91 Å². The van der Waals surface area contributed by atoms with E-state index >= 15 is 0 Å². The van der Waals surface area contributed by atoms with Gasteiger partial charge in [0.25, 0.3) is 11.4 Å². The van der Waals surface area contributed by atoms with Gasteiger partial charge in [0, 0.05) is 18.2 Å². The summed E-state index contributed by atoms with van der Waals surface area (Å²) in [4.78, 5) is 41.8. The molecule has 0 saturated heterocycles.